The van der Waals surface area contributed by atoms with Gasteiger partial charge in [-0.25, -0.2) is 13.6 Å². The molecule has 0 spiro atoms. The SMILES string of the molecule is Cc1c(C(=O)NC2CC2)cc(S(N)(=O)=O)cc1[N+](=O)[O-]. The molecule has 3 N–H and O–H groups in total. The van der Waals surface area contributed by atoms with E-state index in [9.17, 15) is 23.3 Å². The highest BCUT2D eigenvalue weighted by Gasteiger charge is 2.28. The fraction of sp³-hybridized carbons (Fsp3) is 0.364. The summed E-state index contributed by atoms with van der Waals surface area (Å²) in [5.74, 6) is -0.529. The number of carbonyl (C=O) groups is 1. The number of nitro groups is 1. The van der Waals surface area contributed by atoms with Crippen LogP contribution < -0.4 is 10.5 Å². The molecule has 0 bridgehead atoms. The second kappa shape index (κ2) is 4.84. The van der Waals surface area contributed by atoms with E-state index in [0.29, 0.717) is 0 Å². The van der Waals surface area contributed by atoms with Crippen LogP contribution in [0.1, 0.15) is 28.8 Å². The van der Waals surface area contributed by atoms with E-state index >= 15 is 0 Å². The summed E-state index contributed by atoms with van der Waals surface area (Å²) in [4.78, 5) is 21.8. The number of rotatable bonds is 4. The Morgan fingerprint density at radius 3 is 2.50 bits per heavy atom. The van der Waals surface area contributed by atoms with Gasteiger partial charge in [0.15, 0.2) is 0 Å². The molecule has 0 heterocycles. The van der Waals surface area contributed by atoms with Crippen LogP contribution in [-0.2, 0) is 10.0 Å². The molecule has 0 unspecified atom stereocenters. The zero-order valence-corrected chi connectivity index (χ0v) is 11.4. The molecular weight excluding hydrogens is 286 g/mol. The fourth-order valence-electron chi connectivity index (χ4n) is 1.75. The second-order valence-corrected chi connectivity index (χ2v) is 6.23. The smallest absolute Gasteiger partial charge is 0.274 e. The molecule has 0 atom stereocenters. The van der Waals surface area contributed by atoms with Gasteiger partial charge in [-0.3, -0.25) is 14.9 Å². The third-order valence-electron chi connectivity index (χ3n) is 3.04. The van der Waals surface area contributed by atoms with Crippen LogP contribution in [0.25, 0.3) is 0 Å². The molecule has 0 aromatic heterocycles. The van der Waals surface area contributed by atoms with Gasteiger partial charge in [0.25, 0.3) is 11.6 Å². The fourth-order valence-corrected chi connectivity index (χ4v) is 2.31. The number of primary sulfonamides is 1. The predicted octanol–water partition coefficient (Wildman–Crippen LogP) is 0.443. The van der Waals surface area contributed by atoms with Crippen molar-refractivity contribution in [3.8, 4) is 0 Å². The van der Waals surface area contributed by atoms with Gasteiger partial charge >= 0.3 is 0 Å². The van der Waals surface area contributed by atoms with Crippen LogP contribution in [0.4, 0.5) is 5.69 Å². The van der Waals surface area contributed by atoms with E-state index in [0.717, 1.165) is 25.0 Å². The molecule has 1 aliphatic carbocycles. The zero-order chi connectivity index (χ0) is 15.1. The minimum absolute atomic E-state index is 0.0462. The summed E-state index contributed by atoms with van der Waals surface area (Å²) in [6, 6.07) is 1.98. The van der Waals surface area contributed by atoms with Gasteiger partial charge in [0.1, 0.15) is 0 Å². The third-order valence-corrected chi connectivity index (χ3v) is 3.93. The maximum atomic E-state index is 12.0. The van der Waals surface area contributed by atoms with E-state index in [1.54, 1.807) is 0 Å². The van der Waals surface area contributed by atoms with Crippen molar-refractivity contribution >= 4 is 21.6 Å². The Bertz CT molecular complexity index is 694. The Kier molecular flexibility index (Phi) is 3.48. The number of nitro benzene ring substituents is 1. The Morgan fingerprint density at radius 2 is 2.05 bits per heavy atom. The monoisotopic (exact) mass is 299 g/mol. The molecule has 1 saturated carbocycles. The maximum Gasteiger partial charge on any atom is 0.274 e. The van der Waals surface area contributed by atoms with Crippen LogP contribution in [0.2, 0.25) is 0 Å². The Labute approximate surface area is 115 Å². The molecule has 1 amide bonds. The lowest BCUT2D eigenvalue weighted by Gasteiger charge is -2.09. The number of hydrogen-bond acceptors (Lipinski definition) is 5. The summed E-state index contributed by atoms with van der Waals surface area (Å²) >= 11 is 0. The second-order valence-electron chi connectivity index (χ2n) is 4.66. The van der Waals surface area contributed by atoms with Crippen LogP contribution >= 0.6 is 0 Å². The average molecular weight is 299 g/mol. The molecule has 1 aromatic carbocycles. The molecule has 1 aliphatic rings. The number of nitrogens with one attached hydrogen (secondary N) is 1. The van der Waals surface area contributed by atoms with Crippen molar-refractivity contribution in [3.63, 3.8) is 0 Å². The van der Waals surface area contributed by atoms with Crippen LogP contribution in [0.3, 0.4) is 0 Å². The summed E-state index contributed by atoms with van der Waals surface area (Å²) in [6.45, 7) is 1.40. The molecule has 108 valence electrons. The first kappa shape index (κ1) is 14.4. The highest BCUT2D eigenvalue weighted by Crippen LogP contribution is 2.27. The minimum Gasteiger partial charge on any atom is -0.349 e. The lowest BCUT2D eigenvalue weighted by molar-refractivity contribution is -0.385. The van der Waals surface area contributed by atoms with E-state index in [1.807, 2.05) is 0 Å². The highest BCUT2D eigenvalue weighted by molar-refractivity contribution is 7.89. The topological polar surface area (TPSA) is 132 Å². The molecular formula is C11H13N3O5S. The van der Waals surface area contributed by atoms with Gasteiger partial charge in [-0.1, -0.05) is 0 Å². The van der Waals surface area contributed by atoms with Crippen molar-refractivity contribution in [2.24, 2.45) is 5.14 Å². The van der Waals surface area contributed by atoms with E-state index < -0.39 is 31.4 Å². The molecule has 0 radical (unpaired) electrons. The minimum atomic E-state index is -4.13. The van der Waals surface area contributed by atoms with Crippen molar-refractivity contribution in [2.45, 2.75) is 30.7 Å². The number of nitrogens with zero attached hydrogens (tertiary/aromatic N) is 1. The van der Waals surface area contributed by atoms with Gasteiger partial charge in [0.2, 0.25) is 10.0 Å². The van der Waals surface area contributed by atoms with Crippen molar-refractivity contribution in [3.05, 3.63) is 33.4 Å². The predicted molar refractivity (Wildman–Crippen MR) is 69.7 cm³/mol. The van der Waals surface area contributed by atoms with E-state index in [-0.39, 0.29) is 17.2 Å². The van der Waals surface area contributed by atoms with Crippen molar-refractivity contribution in [1.29, 1.82) is 0 Å². The van der Waals surface area contributed by atoms with Gasteiger partial charge in [-0.05, 0) is 25.8 Å². The lowest BCUT2D eigenvalue weighted by atomic mass is 10.1. The van der Waals surface area contributed by atoms with Crippen LogP contribution in [0.15, 0.2) is 17.0 Å². The first-order valence-electron chi connectivity index (χ1n) is 5.83. The van der Waals surface area contributed by atoms with Crippen molar-refractivity contribution in [1.82, 2.24) is 5.32 Å². The Hall–Kier alpha value is -2.00. The van der Waals surface area contributed by atoms with Crippen molar-refractivity contribution < 1.29 is 18.1 Å². The van der Waals surface area contributed by atoms with E-state index in [1.165, 1.54) is 6.92 Å². The Balaban J connectivity index is 2.56. The zero-order valence-electron chi connectivity index (χ0n) is 10.6. The first-order chi connectivity index (χ1) is 9.20. The molecule has 20 heavy (non-hydrogen) atoms. The van der Waals surface area contributed by atoms with Gasteiger partial charge in [0.05, 0.1) is 15.4 Å². The summed E-state index contributed by atoms with van der Waals surface area (Å²) in [7, 11) is -4.13. The lowest BCUT2D eigenvalue weighted by Crippen LogP contribution is -2.27. The summed E-state index contributed by atoms with van der Waals surface area (Å²) < 4.78 is 22.7. The largest absolute Gasteiger partial charge is 0.349 e. The van der Waals surface area contributed by atoms with Gasteiger partial charge in [0, 0.05) is 17.7 Å². The van der Waals surface area contributed by atoms with E-state index in [4.69, 9.17) is 5.14 Å². The van der Waals surface area contributed by atoms with Crippen molar-refractivity contribution in [2.75, 3.05) is 0 Å². The molecule has 8 nitrogen and oxygen atoms in total. The quantitative estimate of drug-likeness (QED) is 0.615. The number of carbonyl (C=O) groups excluding carboxylic acids is 1. The van der Waals surface area contributed by atoms with Gasteiger partial charge in [-0.15, -0.1) is 0 Å². The summed E-state index contributed by atoms with van der Waals surface area (Å²) in [5.41, 5.74) is -0.381. The molecule has 1 fully saturated rings. The summed E-state index contributed by atoms with van der Waals surface area (Å²) in [6.07, 6.45) is 1.70. The Morgan fingerprint density at radius 1 is 1.45 bits per heavy atom. The molecule has 9 heteroatoms. The molecule has 0 aliphatic heterocycles. The third kappa shape index (κ3) is 2.94. The molecule has 2 rings (SSSR count). The molecule has 1 aromatic rings. The van der Waals surface area contributed by atoms with Crippen LogP contribution in [0, 0.1) is 17.0 Å². The van der Waals surface area contributed by atoms with Gasteiger partial charge in [-0.2, -0.15) is 0 Å². The number of benzene rings is 1. The van der Waals surface area contributed by atoms with Crippen LogP contribution in [0.5, 0.6) is 0 Å². The van der Waals surface area contributed by atoms with Gasteiger partial charge < -0.3 is 5.32 Å². The molecule has 0 saturated heterocycles. The normalized spacial score (nSPS) is 14.9. The standard InChI is InChI=1S/C11H13N3O5S/c1-6-9(11(15)13-7-2-3-7)4-8(20(12,18)19)5-10(6)14(16)17/h4-5,7H,2-3H2,1H3,(H,13,15)(H2,12,18,19). The number of sulfonamides is 1. The van der Waals surface area contributed by atoms with E-state index in [2.05, 4.69) is 5.32 Å². The number of nitrogens with two attached hydrogens (primary N) is 1. The maximum absolute atomic E-state index is 12.0. The van der Waals surface area contributed by atoms with Crippen LogP contribution in [-0.4, -0.2) is 25.3 Å². The highest BCUT2D eigenvalue weighted by atomic mass is 32.2. The number of hydrogen-bond donors (Lipinski definition) is 2. The first-order valence-corrected chi connectivity index (χ1v) is 7.37. The summed E-state index contributed by atoms with van der Waals surface area (Å²) in [5, 5.41) is 18.6. The average Bonchev–Trinajstić information content (AvgIpc) is 3.10. The number of amides is 1.